The monoisotopic (exact) mass is 474 g/mol. The molecule has 6 heteroatoms. The van der Waals surface area contributed by atoms with Gasteiger partial charge in [-0.3, -0.25) is 4.79 Å². The summed E-state index contributed by atoms with van der Waals surface area (Å²) in [5.41, 5.74) is 2.93. The molecule has 3 aromatic carbocycles. The summed E-state index contributed by atoms with van der Waals surface area (Å²) >= 11 is 0. The fourth-order valence-electron chi connectivity index (χ4n) is 5.65. The molecule has 2 heterocycles. The van der Waals surface area contributed by atoms with E-state index in [4.69, 9.17) is 9.47 Å². The minimum atomic E-state index is -0.412. The van der Waals surface area contributed by atoms with Crippen LogP contribution in [0.15, 0.2) is 54.6 Å². The molecule has 6 nitrogen and oxygen atoms in total. The Morgan fingerprint density at radius 3 is 2.63 bits per heavy atom. The Kier molecular flexibility index (Phi) is 6.93. The summed E-state index contributed by atoms with van der Waals surface area (Å²) in [6.07, 6.45) is 2.10. The van der Waals surface area contributed by atoms with Gasteiger partial charge in [0.1, 0.15) is 0 Å². The second kappa shape index (κ2) is 10.3. The summed E-state index contributed by atoms with van der Waals surface area (Å²) in [5, 5.41) is 13.3. The SMILES string of the molecule is COc1cc2c(cc1OC)C(=O)N(CC1CCN(CC(O)Cc3cccc4ccccc34)C1)CC2. The van der Waals surface area contributed by atoms with Crippen LogP contribution in [0.5, 0.6) is 11.5 Å². The molecule has 35 heavy (non-hydrogen) atoms. The number of hydrogen-bond acceptors (Lipinski definition) is 5. The predicted octanol–water partition coefficient (Wildman–Crippen LogP) is 3.78. The number of likely N-dealkylation sites (tertiary alicyclic amines) is 1. The molecule has 5 rings (SSSR count). The summed E-state index contributed by atoms with van der Waals surface area (Å²) in [7, 11) is 3.21. The largest absolute Gasteiger partial charge is 0.493 e. The number of β-amino-alcohol motifs (C(OH)–C–C–N with tert-alkyl or cyclic N) is 1. The maximum atomic E-state index is 13.2. The van der Waals surface area contributed by atoms with Gasteiger partial charge in [0.25, 0.3) is 5.91 Å². The third kappa shape index (κ3) is 5.00. The van der Waals surface area contributed by atoms with Crippen molar-refractivity contribution < 1.29 is 19.4 Å². The van der Waals surface area contributed by atoms with Crippen molar-refractivity contribution >= 4 is 16.7 Å². The highest BCUT2D eigenvalue weighted by molar-refractivity contribution is 5.97. The molecule has 2 unspecified atom stereocenters. The molecular formula is C29H34N2O4. The Labute approximate surface area is 207 Å². The van der Waals surface area contributed by atoms with Crippen LogP contribution < -0.4 is 9.47 Å². The minimum absolute atomic E-state index is 0.0710. The molecule has 0 saturated carbocycles. The number of amides is 1. The molecule has 2 aliphatic heterocycles. The lowest BCUT2D eigenvalue weighted by Crippen LogP contribution is -2.41. The fourth-order valence-corrected chi connectivity index (χ4v) is 5.65. The van der Waals surface area contributed by atoms with E-state index in [9.17, 15) is 9.90 Å². The van der Waals surface area contributed by atoms with Gasteiger partial charge in [-0.15, -0.1) is 0 Å². The Balaban J connectivity index is 1.17. The average Bonchev–Trinajstić information content (AvgIpc) is 3.31. The summed E-state index contributed by atoms with van der Waals surface area (Å²) in [6, 6.07) is 18.4. The lowest BCUT2D eigenvalue weighted by atomic mass is 9.96. The number of ether oxygens (including phenoxy) is 2. The van der Waals surface area contributed by atoms with E-state index < -0.39 is 6.10 Å². The molecule has 0 radical (unpaired) electrons. The highest BCUT2D eigenvalue weighted by Crippen LogP contribution is 2.34. The Morgan fingerprint density at radius 1 is 1.03 bits per heavy atom. The topological polar surface area (TPSA) is 62.2 Å². The van der Waals surface area contributed by atoms with Gasteiger partial charge in [-0.1, -0.05) is 42.5 Å². The molecule has 0 aromatic heterocycles. The molecule has 2 aliphatic rings. The second-order valence-corrected chi connectivity index (χ2v) is 9.78. The van der Waals surface area contributed by atoms with Crippen LogP contribution in [0, 0.1) is 5.92 Å². The number of nitrogens with zero attached hydrogens (tertiary/aromatic N) is 2. The summed E-state index contributed by atoms with van der Waals surface area (Å²) in [4.78, 5) is 17.5. The third-order valence-corrected chi connectivity index (χ3v) is 7.43. The highest BCUT2D eigenvalue weighted by atomic mass is 16.5. The van der Waals surface area contributed by atoms with Crippen molar-refractivity contribution in [2.45, 2.75) is 25.4 Å². The molecule has 1 N–H and O–H groups in total. The van der Waals surface area contributed by atoms with Gasteiger partial charge < -0.3 is 24.4 Å². The fraction of sp³-hybridized carbons (Fsp3) is 0.414. The predicted molar refractivity (Wildman–Crippen MR) is 137 cm³/mol. The summed E-state index contributed by atoms with van der Waals surface area (Å²) < 4.78 is 10.8. The third-order valence-electron chi connectivity index (χ3n) is 7.43. The van der Waals surface area contributed by atoms with Crippen LogP contribution in [-0.2, 0) is 12.8 Å². The smallest absolute Gasteiger partial charge is 0.254 e. The average molecular weight is 475 g/mol. The van der Waals surface area contributed by atoms with E-state index >= 15 is 0 Å². The quantitative estimate of drug-likeness (QED) is 0.538. The molecule has 0 spiro atoms. The van der Waals surface area contributed by atoms with Crippen LogP contribution in [0.4, 0.5) is 0 Å². The number of fused-ring (bicyclic) bond motifs is 2. The molecule has 2 atom stereocenters. The molecular weight excluding hydrogens is 440 g/mol. The van der Waals surface area contributed by atoms with E-state index in [0.29, 0.717) is 35.9 Å². The summed E-state index contributed by atoms with van der Waals surface area (Å²) in [5.74, 6) is 1.75. The lowest BCUT2D eigenvalue weighted by molar-refractivity contribution is 0.0707. The number of carbonyl (C=O) groups is 1. The van der Waals surface area contributed by atoms with Gasteiger partial charge in [-0.2, -0.15) is 0 Å². The van der Waals surface area contributed by atoms with Crippen LogP contribution in [0.3, 0.4) is 0 Å². The molecule has 1 amide bonds. The van der Waals surface area contributed by atoms with E-state index in [0.717, 1.165) is 44.6 Å². The zero-order chi connectivity index (χ0) is 24.4. The number of rotatable bonds is 8. The van der Waals surface area contributed by atoms with Crippen LogP contribution in [0.2, 0.25) is 0 Å². The van der Waals surface area contributed by atoms with Crippen LogP contribution in [0.25, 0.3) is 10.8 Å². The lowest BCUT2D eigenvalue weighted by Gasteiger charge is -2.31. The van der Waals surface area contributed by atoms with Crippen molar-refractivity contribution in [1.29, 1.82) is 0 Å². The maximum absolute atomic E-state index is 13.2. The van der Waals surface area contributed by atoms with E-state index in [2.05, 4.69) is 41.3 Å². The maximum Gasteiger partial charge on any atom is 0.254 e. The number of carbonyl (C=O) groups excluding carboxylic acids is 1. The minimum Gasteiger partial charge on any atom is -0.493 e. The van der Waals surface area contributed by atoms with E-state index in [1.807, 2.05) is 23.1 Å². The first-order valence-electron chi connectivity index (χ1n) is 12.5. The van der Waals surface area contributed by atoms with Gasteiger partial charge in [0.05, 0.1) is 20.3 Å². The van der Waals surface area contributed by atoms with Gasteiger partial charge in [0.15, 0.2) is 11.5 Å². The molecule has 184 valence electrons. The highest BCUT2D eigenvalue weighted by Gasteiger charge is 2.31. The van der Waals surface area contributed by atoms with E-state index in [1.165, 1.54) is 16.3 Å². The molecule has 1 fully saturated rings. The number of benzene rings is 3. The number of methoxy groups -OCH3 is 2. The molecule has 0 bridgehead atoms. The van der Waals surface area contributed by atoms with Crippen molar-refractivity contribution in [3.63, 3.8) is 0 Å². The number of aliphatic hydroxyl groups is 1. The standard InChI is InChI=1S/C29H34N2O4/c1-34-27-15-23-11-13-31(29(33)26(23)16-28(27)35-2)18-20-10-12-30(17-20)19-24(32)14-22-8-5-7-21-6-3-4-9-25(21)22/h3-9,15-16,20,24,32H,10-14,17-19H2,1-2H3. The first-order chi connectivity index (χ1) is 17.1. The molecule has 1 saturated heterocycles. The normalized spacial score (nSPS) is 19.1. The zero-order valence-corrected chi connectivity index (χ0v) is 20.6. The van der Waals surface area contributed by atoms with Gasteiger partial charge in [-0.05, 0) is 59.3 Å². The van der Waals surface area contributed by atoms with Gasteiger partial charge in [-0.25, -0.2) is 0 Å². The van der Waals surface area contributed by atoms with Gasteiger partial charge >= 0.3 is 0 Å². The molecule has 0 aliphatic carbocycles. The van der Waals surface area contributed by atoms with E-state index in [-0.39, 0.29) is 5.91 Å². The van der Waals surface area contributed by atoms with Crippen molar-refractivity contribution in [2.75, 3.05) is 46.9 Å². The van der Waals surface area contributed by atoms with Gasteiger partial charge in [0, 0.05) is 38.2 Å². The van der Waals surface area contributed by atoms with Crippen LogP contribution in [-0.4, -0.2) is 73.9 Å². The zero-order valence-electron chi connectivity index (χ0n) is 20.6. The summed E-state index contributed by atoms with van der Waals surface area (Å²) in [6.45, 7) is 4.01. The first kappa shape index (κ1) is 23.6. The van der Waals surface area contributed by atoms with E-state index in [1.54, 1.807) is 14.2 Å². The number of hydrogen-bond donors (Lipinski definition) is 1. The Morgan fingerprint density at radius 2 is 1.80 bits per heavy atom. The van der Waals surface area contributed by atoms with Crippen molar-refractivity contribution in [1.82, 2.24) is 9.80 Å². The first-order valence-corrected chi connectivity index (χ1v) is 12.5. The Hall–Kier alpha value is -3.09. The van der Waals surface area contributed by atoms with Gasteiger partial charge in [0.2, 0.25) is 0 Å². The van der Waals surface area contributed by atoms with Crippen LogP contribution >= 0.6 is 0 Å². The number of aliphatic hydroxyl groups excluding tert-OH is 1. The van der Waals surface area contributed by atoms with Crippen molar-refractivity contribution in [3.05, 3.63) is 71.3 Å². The van der Waals surface area contributed by atoms with Crippen molar-refractivity contribution in [2.24, 2.45) is 5.92 Å². The van der Waals surface area contributed by atoms with Crippen molar-refractivity contribution in [3.8, 4) is 11.5 Å². The second-order valence-electron chi connectivity index (χ2n) is 9.78. The molecule has 3 aromatic rings. The Bertz CT molecular complexity index is 1210. The van der Waals surface area contributed by atoms with Crippen LogP contribution in [0.1, 0.15) is 27.9 Å².